The smallest absolute Gasteiger partial charge is 0.310 e. The Labute approximate surface area is 106 Å². The van der Waals surface area contributed by atoms with Crippen molar-refractivity contribution < 1.29 is 19.1 Å². The van der Waals surface area contributed by atoms with Gasteiger partial charge in [0, 0.05) is 5.92 Å². The summed E-state index contributed by atoms with van der Waals surface area (Å²) >= 11 is 0. The largest absolute Gasteiger partial charge is 0.466 e. The second-order valence-electron chi connectivity index (χ2n) is 5.77. The van der Waals surface area contributed by atoms with E-state index in [9.17, 15) is 9.59 Å². The van der Waals surface area contributed by atoms with Gasteiger partial charge in [-0.15, -0.1) is 0 Å². The lowest BCUT2D eigenvalue weighted by atomic mass is 9.52. The lowest BCUT2D eigenvalue weighted by Crippen LogP contribution is -2.58. The predicted octanol–water partition coefficient (Wildman–Crippen LogP) is 1.49. The summed E-state index contributed by atoms with van der Waals surface area (Å²) in [6.07, 6.45) is 2.63. The molecule has 1 aliphatic heterocycles. The van der Waals surface area contributed by atoms with Gasteiger partial charge in [-0.2, -0.15) is 0 Å². The van der Waals surface area contributed by atoms with Gasteiger partial charge in [0.2, 0.25) is 0 Å². The van der Waals surface area contributed by atoms with Crippen molar-refractivity contribution in [2.45, 2.75) is 32.8 Å². The van der Waals surface area contributed by atoms with Crippen LogP contribution in [0.25, 0.3) is 0 Å². The van der Waals surface area contributed by atoms with E-state index >= 15 is 0 Å². The second-order valence-corrected chi connectivity index (χ2v) is 5.77. The first-order valence-corrected chi connectivity index (χ1v) is 6.50. The van der Waals surface area contributed by atoms with E-state index < -0.39 is 11.0 Å². The Balaban J connectivity index is 2.00. The summed E-state index contributed by atoms with van der Waals surface area (Å²) in [7, 11) is 0. The Hall–Kier alpha value is -1.16. The van der Waals surface area contributed by atoms with E-state index in [4.69, 9.17) is 9.47 Å². The summed E-state index contributed by atoms with van der Waals surface area (Å²) < 4.78 is 10.6. The number of carbonyl (C=O) groups is 2. The summed E-state index contributed by atoms with van der Waals surface area (Å²) in [4.78, 5) is 24.6. The van der Waals surface area contributed by atoms with E-state index in [2.05, 4.69) is 0 Å². The normalized spacial score (nSPS) is 45.1. The van der Waals surface area contributed by atoms with Crippen molar-refractivity contribution in [3.63, 3.8) is 0 Å². The van der Waals surface area contributed by atoms with Crippen LogP contribution in [0.5, 0.6) is 0 Å². The van der Waals surface area contributed by atoms with Gasteiger partial charge in [-0.3, -0.25) is 9.59 Å². The number of ether oxygens (including phenoxy) is 2. The maximum absolute atomic E-state index is 12.6. The Bertz CT molecular complexity index is 460. The summed E-state index contributed by atoms with van der Waals surface area (Å²) in [5, 5.41) is 0. The monoisotopic (exact) mass is 250 g/mol. The molecule has 4 atom stereocenters. The van der Waals surface area contributed by atoms with Gasteiger partial charge in [0.1, 0.15) is 0 Å². The fourth-order valence-corrected chi connectivity index (χ4v) is 3.73. The first-order chi connectivity index (χ1) is 8.45. The molecule has 1 spiro atoms. The molecule has 1 heterocycles. The summed E-state index contributed by atoms with van der Waals surface area (Å²) in [5.41, 5.74) is -0.187. The lowest BCUT2D eigenvalue weighted by molar-refractivity contribution is -0.162. The molecule has 3 aliphatic carbocycles. The number of ketones is 1. The first-order valence-electron chi connectivity index (χ1n) is 6.50. The molecule has 4 rings (SSSR count). The fraction of sp³-hybridized carbons (Fsp3) is 0.714. The van der Waals surface area contributed by atoms with Gasteiger partial charge >= 0.3 is 5.97 Å². The van der Waals surface area contributed by atoms with Gasteiger partial charge in [0.25, 0.3) is 0 Å². The Morgan fingerprint density at radius 1 is 1.61 bits per heavy atom. The number of Topliss-reactive ketones (excluding diaryl/α,β-unsaturated/α-hetero) is 1. The van der Waals surface area contributed by atoms with E-state index in [0.29, 0.717) is 19.6 Å². The van der Waals surface area contributed by atoms with E-state index in [1.807, 2.05) is 19.9 Å². The van der Waals surface area contributed by atoms with E-state index in [-0.39, 0.29) is 23.6 Å². The number of allylic oxidation sites excluding steroid dienone is 1. The Kier molecular flexibility index (Phi) is 2.28. The minimum Gasteiger partial charge on any atom is -0.466 e. The highest BCUT2D eigenvalue weighted by molar-refractivity contribution is 6.02. The predicted molar refractivity (Wildman–Crippen MR) is 63.8 cm³/mol. The van der Waals surface area contributed by atoms with Gasteiger partial charge in [0.05, 0.1) is 24.5 Å². The molecule has 0 amide bonds. The van der Waals surface area contributed by atoms with Crippen LogP contribution in [0, 0.1) is 17.3 Å². The highest BCUT2D eigenvalue weighted by Crippen LogP contribution is 2.60. The average Bonchev–Trinajstić information content (AvgIpc) is 3.07. The van der Waals surface area contributed by atoms with Crippen LogP contribution in [-0.4, -0.2) is 30.6 Å². The minimum absolute atomic E-state index is 0.0567. The maximum atomic E-state index is 12.6. The molecule has 0 aromatic heterocycles. The molecule has 0 aromatic rings. The van der Waals surface area contributed by atoms with Crippen LogP contribution in [0.15, 0.2) is 11.6 Å². The third kappa shape index (κ3) is 1.24. The van der Waals surface area contributed by atoms with Crippen molar-refractivity contribution in [2.24, 2.45) is 17.3 Å². The number of hydrogen-bond donors (Lipinski definition) is 0. The highest BCUT2D eigenvalue weighted by Gasteiger charge is 2.71. The minimum atomic E-state index is -0.748. The standard InChI is InChI=1S/C14H18O4/c1-4-17-11(15)10-5-9-8(2)6-13(10,3)12(16)14(9)7-18-14/h6,9-10H,4-5,7H2,1-3H3/t9-,10+,13-,14-/m0/s1. The number of esters is 1. The van der Waals surface area contributed by atoms with Crippen LogP contribution in [0.3, 0.4) is 0 Å². The highest BCUT2D eigenvalue weighted by atomic mass is 16.6. The van der Waals surface area contributed by atoms with Crippen molar-refractivity contribution in [1.29, 1.82) is 0 Å². The van der Waals surface area contributed by atoms with E-state index in [0.717, 1.165) is 0 Å². The molecular weight excluding hydrogens is 232 g/mol. The number of epoxide rings is 1. The van der Waals surface area contributed by atoms with Crippen molar-refractivity contribution in [2.75, 3.05) is 13.2 Å². The molecule has 2 bridgehead atoms. The number of rotatable bonds is 2. The van der Waals surface area contributed by atoms with Crippen LogP contribution in [0.4, 0.5) is 0 Å². The molecule has 2 fully saturated rings. The van der Waals surface area contributed by atoms with Gasteiger partial charge in [-0.25, -0.2) is 0 Å². The zero-order valence-electron chi connectivity index (χ0n) is 11.0. The van der Waals surface area contributed by atoms with Gasteiger partial charge in [-0.05, 0) is 27.2 Å². The summed E-state index contributed by atoms with van der Waals surface area (Å²) in [6, 6.07) is 0. The topological polar surface area (TPSA) is 55.9 Å². The Morgan fingerprint density at radius 3 is 2.83 bits per heavy atom. The molecule has 0 aromatic carbocycles. The molecule has 18 heavy (non-hydrogen) atoms. The van der Waals surface area contributed by atoms with Gasteiger partial charge < -0.3 is 9.47 Å². The van der Waals surface area contributed by atoms with Crippen molar-refractivity contribution >= 4 is 11.8 Å². The maximum Gasteiger partial charge on any atom is 0.310 e. The molecule has 98 valence electrons. The Morgan fingerprint density at radius 2 is 2.28 bits per heavy atom. The second kappa shape index (κ2) is 3.44. The van der Waals surface area contributed by atoms with Crippen molar-refractivity contribution in [3.8, 4) is 0 Å². The third-order valence-electron chi connectivity index (χ3n) is 4.74. The SMILES string of the molecule is CCOC(=O)[C@H]1C[C@H]2C(C)=C[C@]1(C)C(=O)[C@]21CO1. The molecule has 1 saturated carbocycles. The van der Waals surface area contributed by atoms with Crippen LogP contribution in [0.2, 0.25) is 0 Å². The van der Waals surface area contributed by atoms with Crippen LogP contribution < -0.4 is 0 Å². The van der Waals surface area contributed by atoms with Gasteiger partial charge in [0.15, 0.2) is 11.4 Å². The molecule has 1 saturated heterocycles. The van der Waals surface area contributed by atoms with E-state index in [1.165, 1.54) is 5.57 Å². The lowest BCUT2D eigenvalue weighted by Gasteiger charge is -2.48. The average molecular weight is 250 g/mol. The van der Waals surface area contributed by atoms with Crippen LogP contribution in [0.1, 0.15) is 27.2 Å². The summed E-state index contributed by atoms with van der Waals surface area (Å²) in [6.45, 7) is 6.52. The van der Waals surface area contributed by atoms with Gasteiger partial charge in [-0.1, -0.05) is 11.6 Å². The molecule has 4 nitrogen and oxygen atoms in total. The molecule has 4 aliphatic rings. The van der Waals surface area contributed by atoms with Crippen molar-refractivity contribution in [1.82, 2.24) is 0 Å². The quantitative estimate of drug-likeness (QED) is 0.423. The molecule has 0 radical (unpaired) electrons. The van der Waals surface area contributed by atoms with E-state index in [1.54, 1.807) is 6.92 Å². The van der Waals surface area contributed by atoms with Crippen LogP contribution >= 0.6 is 0 Å². The zero-order chi connectivity index (χ0) is 13.1. The van der Waals surface area contributed by atoms with Crippen LogP contribution in [-0.2, 0) is 19.1 Å². The molecule has 0 N–H and O–H groups in total. The first kappa shape index (κ1) is 11.9. The zero-order valence-corrected chi connectivity index (χ0v) is 11.0. The number of fused-ring (bicyclic) bond motifs is 1. The van der Waals surface area contributed by atoms with Crippen molar-refractivity contribution in [3.05, 3.63) is 11.6 Å². The molecule has 4 heteroatoms. The number of carbonyl (C=O) groups excluding carboxylic acids is 2. The third-order valence-corrected chi connectivity index (χ3v) is 4.74. The molecular formula is C14H18O4. The number of hydrogen-bond acceptors (Lipinski definition) is 4. The fourth-order valence-electron chi connectivity index (χ4n) is 3.73. The summed E-state index contributed by atoms with van der Waals surface area (Å²) in [5.74, 6) is -0.484. The molecule has 0 unspecified atom stereocenters.